The van der Waals surface area contributed by atoms with E-state index in [-0.39, 0.29) is 11.8 Å². The SMILES string of the molecule is COc1cc(Br)c(C(N)CN)cc1O. The molecule has 1 atom stereocenters. The highest BCUT2D eigenvalue weighted by molar-refractivity contribution is 9.10. The van der Waals surface area contributed by atoms with Crippen molar-refractivity contribution in [2.45, 2.75) is 6.04 Å². The van der Waals surface area contributed by atoms with Crippen LogP contribution >= 0.6 is 15.9 Å². The van der Waals surface area contributed by atoms with E-state index in [0.29, 0.717) is 12.3 Å². The molecule has 0 heterocycles. The number of halogens is 1. The van der Waals surface area contributed by atoms with Gasteiger partial charge in [0.05, 0.1) is 7.11 Å². The molecule has 4 nitrogen and oxygen atoms in total. The first-order chi connectivity index (χ1) is 6.60. The number of phenolic OH excluding ortho intramolecular Hbond substituents is 1. The quantitative estimate of drug-likeness (QED) is 0.761. The maximum Gasteiger partial charge on any atom is 0.161 e. The summed E-state index contributed by atoms with van der Waals surface area (Å²) >= 11 is 3.34. The molecule has 0 bridgehead atoms. The highest BCUT2D eigenvalue weighted by Gasteiger charge is 2.12. The highest BCUT2D eigenvalue weighted by Crippen LogP contribution is 2.34. The number of methoxy groups -OCH3 is 1. The minimum atomic E-state index is -0.291. The van der Waals surface area contributed by atoms with Gasteiger partial charge in [-0.1, -0.05) is 15.9 Å². The maximum absolute atomic E-state index is 9.52. The number of rotatable bonds is 3. The lowest BCUT2D eigenvalue weighted by Gasteiger charge is -2.13. The van der Waals surface area contributed by atoms with E-state index >= 15 is 0 Å². The van der Waals surface area contributed by atoms with Crippen LogP contribution in [0, 0.1) is 0 Å². The van der Waals surface area contributed by atoms with Crippen molar-refractivity contribution >= 4 is 15.9 Å². The van der Waals surface area contributed by atoms with Gasteiger partial charge in [0.15, 0.2) is 11.5 Å². The average Bonchev–Trinajstić information content (AvgIpc) is 2.19. The molecule has 0 saturated heterocycles. The molecule has 0 aliphatic carbocycles. The zero-order valence-electron chi connectivity index (χ0n) is 7.83. The van der Waals surface area contributed by atoms with Gasteiger partial charge >= 0.3 is 0 Å². The molecular weight excluding hydrogens is 248 g/mol. The van der Waals surface area contributed by atoms with Gasteiger partial charge in [-0.05, 0) is 17.7 Å². The molecule has 0 fully saturated rings. The zero-order valence-corrected chi connectivity index (χ0v) is 9.41. The van der Waals surface area contributed by atoms with Crippen molar-refractivity contribution in [3.05, 3.63) is 22.2 Å². The van der Waals surface area contributed by atoms with Gasteiger partial charge in [-0.15, -0.1) is 0 Å². The second-order valence-electron chi connectivity index (χ2n) is 2.89. The van der Waals surface area contributed by atoms with Crippen molar-refractivity contribution in [1.82, 2.24) is 0 Å². The van der Waals surface area contributed by atoms with Gasteiger partial charge in [0, 0.05) is 17.1 Å². The molecule has 0 spiro atoms. The van der Waals surface area contributed by atoms with Gasteiger partial charge in [0.1, 0.15) is 0 Å². The number of nitrogens with two attached hydrogens (primary N) is 2. The van der Waals surface area contributed by atoms with Crippen molar-refractivity contribution in [3.63, 3.8) is 0 Å². The first kappa shape index (κ1) is 11.3. The van der Waals surface area contributed by atoms with Crippen LogP contribution in [-0.4, -0.2) is 18.8 Å². The van der Waals surface area contributed by atoms with Crippen molar-refractivity contribution in [2.24, 2.45) is 11.5 Å². The van der Waals surface area contributed by atoms with Crippen LogP contribution in [0.4, 0.5) is 0 Å². The summed E-state index contributed by atoms with van der Waals surface area (Å²) in [6, 6.07) is 2.93. The fourth-order valence-corrected chi connectivity index (χ4v) is 1.75. The Morgan fingerprint density at radius 1 is 1.57 bits per heavy atom. The van der Waals surface area contributed by atoms with Crippen LogP contribution in [0.25, 0.3) is 0 Å². The Morgan fingerprint density at radius 2 is 2.21 bits per heavy atom. The normalized spacial score (nSPS) is 12.6. The van der Waals surface area contributed by atoms with Gasteiger partial charge in [-0.25, -0.2) is 0 Å². The average molecular weight is 261 g/mol. The number of aromatic hydroxyl groups is 1. The van der Waals surface area contributed by atoms with Crippen molar-refractivity contribution in [2.75, 3.05) is 13.7 Å². The third-order valence-corrected chi connectivity index (χ3v) is 2.64. The first-order valence-electron chi connectivity index (χ1n) is 4.12. The molecule has 1 aromatic carbocycles. The summed E-state index contributed by atoms with van der Waals surface area (Å²) in [7, 11) is 1.49. The Hall–Kier alpha value is -0.780. The van der Waals surface area contributed by atoms with Crippen molar-refractivity contribution in [1.29, 1.82) is 0 Å². The summed E-state index contributed by atoms with van der Waals surface area (Å²) in [5.74, 6) is 0.472. The number of benzene rings is 1. The van der Waals surface area contributed by atoms with E-state index in [1.54, 1.807) is 12.1 Å². The molecule has 0 aliphatic rings. The predicted molar refractivity (Wildman–Crippen MR) is 58.3 cm³/mol. The summed E-state index contributed by atoms with van der Waals surface area (Å²) in [4.78, 5) is 0. The molecule has 1 unspecified atom stereocenters. The molecule has 0 radical (unpaired) electrons. The Morgan fingerprint density at radius 3 is 2.71 bits per heavy atom. The molecule has 0 aromatic heterocycles. The smallest absolute Gasteiger partial charge is 0.161 e. The summed E-state index contributed by atoms with van der Waals surface area (Å²) in [6.07, 6.45) is 0. The van der Waals surface area contributed by atoms with Crippen LogP contribution in [-0.2, 0) is 0 Å². The molecule has 5 N–H and O–H groups in total. The fraction of sp³-hybridized carbons (Fsp3) is 0.333. The second-order valence-corrected chi connectivity index (χ2v) is 3.74. The lowest BCUT2D eigenvalue weighted by atomic mass is 10.1. The number of ether oxygens (including phenoxy) is 1. The van der Waals surface area contributed by atoms with E-state index in [0.717, 1.165) is 10.0 Å². The summed E-state index contributed by atoms with van der Waals surface area (Å²) in [6.45, 7) is 0.324. The standard InChI is InChI=1S/C9H13BrN2O2/c1-14-9-3-6(10)5(2-8(9)13)7(12)4-11/h2-3,7,13H,4,11-12H2,1H3. The van der Waals surface area contributed by atoms with E-state index in [1.165, 1.54) is 7.11 Å². The Kier molecular flexibility index (Phi) is 3.74. The number of hydrogen-bond donors (Lipinski definition) is 3. The van der Waals surface area contributed by atoms with E-state index in [9.17, 15) is 5.11 Å². The van der Waals surface area contributed by atoms with Crippen LogP contribution in [0.1, 0.15) is 11.6 Å². The van der Waals surface area contributed by atoms with Crippen LogP contribution in [0.3, 0.4) is 0 Å². The minimum absolute atomic E-state index is 0.0644. The van der Waals surface area contributed by atoms with Crippen LogP contribution in [0.5, 0.6) is 11.5 Å². The summed E-state index contributed by atoms with van der Waals surface area (Å²) in [5, 5.41) is 9.52. The first-order valence-corrected chi connectivity index (χ1v) is 4.91. The molecule has 0 aliphatic heterocycles. The predicted octanol–water partition coefficient (Wildman–Crippen LogP) is 1.12. The lowest BCUT2D eigenvalue weighted by Crippen LogP contribution is -2.21. The van der Waals surface area contributed by atoms with Crippen LogP contribution in [0.2, 0.25) is 0 Å². The van der Waals surface area contributed by atoms with Crippen molar-refractivity contribution < 1.29 is 9.84 Å². The fourth-order valence-electron chi connectivity index (χ4n) is 1.13. The summed E-state index contributed by atoms with van der Waals surface area (Å²) < 4.78 is 5.72. The minimum Gasteiger partial charge on any atom is -0.504 e. The topological polar surface area (TPSA) is 81.5 Å². The molecule has 5 heteroatoms. The van der Waals surface area contributed by atoms with Crippen molar-refractivity contribution in [3.8, 4) is 11.5 Å². The Balaban J connectivity index is 3.14. The number of hydrogen-bond acceptors (Lipinski definition) is 4. The van der Waals surface area contributed by atoms with Crippen LogP contribution in [0.15, 0.2) is 16.6 Å². The van der Waals surface area contributed by atoms with Crippen LogP contribution < -0.4 is 16.2 Å². The largest absolute Gasteiger partial charge is 0.504 e. The van der Waals surface area contributed by atoms with Gasteiger partial charge in [-0.2, -0.15) is 0 Å². The van der Waals surface area contributed by atoms with E-state index in [1.807, 2.05) is 0 Å². The summed E-state index contributed by atoms with van der Waals surface area (Å²) in [5.41, 5.74) is 12.0. The van der Waals surface area contributed by atoms with Gasteiger partial charge in [0.2, 0.25) is 0 Å². The molecule has 1 aromatic rings. The monoisotopic (exact) mass is 260 g/mol. The van der Waals surface area contributed by atoms with Gasteiger partial charge < -0.3 is 21.3 Å². The third-order valence-electron chi connectivity index (χ3n) is 1.95. The highest BCUT2D eigenvalue weighted by atomic mass is 79.9. The Labute approximate surface area is 91.0 Å². The molecule has 1 rings (SSSR count). The van der Waals surface area contributed by atoms with E-state index < -0.39 is 0 Å². The van der Waals surface area contributed by atoms with Gasteiger partial charge in [-0.3, -0.25) is 0 Å². The molecule has 0 amide bonds. The third kappa shape index (κ3) is 2.17. The Bertz CT molecular complexity index is 331. The zero-order chi connectivity index (χ0) is 10.7. The lowest BCUT2D eigenvalue weighted by molar-refractivity contribution is 0.372. The van der Waals surface area contributed by atoms with E-state index in [4.69, 9.17) is 16.2 Å². The van der Waals surface area contributed by atoms with E-state index in [2.05, 4.69) is 15.9 Å². The maximum atomic E-state index is 9.52. The molecule has 14 heavy (non-hydrogen) atoms. The molecule has 78 valence electrons. The molecule has 0 saturated carbocycles. The molecular formula is C9H13BrN2O2. The second kappa shape index (κ2) is 4.63. The van der Waals surface area contributed by atoms with Gasteiger partial charge in [0.25, 0.3) is 0 Å². The number of phenols is 1.